The zero-order valence-corrected chi connectivity index (χ0v) is 23.5. The molecule has 0 unspecified atom stereocenters. The lowest BCUT2D eigenvalue weighted by atomic mass is 10.0. The van der Waals surface area contributed by atoms with Crippen molar-refractivity contribution >= 4 is 22.7 Å². The van der Waals surface area contributed by atoms with Gasteiger partial charge in [0.15, 0.2) is 5.82 Å². The number of primary amides is 1. The largest absolute Gasteiger partial charge is 0.482 e. The highest BCUT2D eigenvalue weighted by atomic mass is 19.3. The van der Waals surface area contributed by atoms with Crippen molar-refractivity contribution in [1.82, 2.24) is 25.1 Å². The Morgan fingerprint density at radius 3 is 2.49 bits per heavy atom. The van der Waals surface area contributed by atoms with E-state index in [1.807, 2.05) is 24.3 Å². The van der Waals surface area contributed by atoms with Crippen LogP contribution in [0.3, 0.4) is 0 Å². The first-order valence-corrected chi connectivity index (χ1v) is 13.2. The maximum Gasteiger partial charge on any atom is 0.321 e. The van der Waals surface area contributed by atoms with Gasteiger partial charge in [-0.3, -0.25) is 9.59 Å². The average Bonchev–Trinajstić information content (AvgIpc) is 3.43. The monoisotopic (exact) mass is 586 g/mol. The zero-order valence-electron chi connectivity index (χ0n) is 23.5. The molecule has 5 rings (SSSR count). The van der Waals surface area contributed by atoms with Crippen LogP contribution in [0.5, 0.6) is 11.6 Å². The van der Waals surface area contributed by atoms with Gasteiger partial charge in [0.05, 0.1) is 31.1 Å². The summed E-state index contributed by atoms with van der Waals surface area (Å²) in [4.78, 5) is 33.0. The van der Waals surface area contributed by atoms with Gasteiger partial charge in [-0.1, -0.05) is 30.3 Å². The number of nitrogens with zero attached hydrogens (tertiary/aromatic N) is 4. The Hall–Kier alpha value is -5.39. The van der Waals surface area contributed by atoms with Crippen LogP contribution in [-0.4, -0.2) is 50.6 Å². The number of aromatic nitrogens is 4. The predicted molar refractivity (Wildman–Crippen MR) is 155 cm³/mol. The highest BCUT2D eigenvalue weighted by Gasteiger charge is 2.35. The van der Waals surface area contributed by atoms with E-state index in [4.69, 9.17) is 15.2 Å². The lowest BCUT2D eigenvalue weighted by Crippen LogP contribution is -2.46. The van der Waals surface area contributed by atoms with Crippen molar-refractivity contribution < 1.29 is 27.8 Å². The normalized spacial score (nSPS) is 12.9. The summed E-state index contributed by atoms with van der Waals surface area (Å²) in [7, 11) is 1.47. The van der Waals surface area contributed by atoms with Crippen LogP contribution >= 0.6 is 0 Å². The van der Waals surface area contributed by atoms with E-state index in [-0.39, 0.29) is 5.75 Å². The van der Waals surface area contributed by atoms with Gasteiger partial charge in [0, 0.05) is 41.3 Å². The minimum absolute atomic E-state index is 0.255. The Bertz CT molecular complexity index is 1790. The summed E-state index contributed by atoms with van der Waals surface area (Å²) in [6.07, 6.45) is 3.71. The summed E-state index contributed by atoms with van der Waals surface area (Å²) in [6, 6.07) is 18.4. The summed E-state index contributed by atoms with van der Waals surface area (Å²) in [5, 5.41) is 7.75. The number of benzene rings is 2. The minimum atomic E-state index is -3.59. The van der Waals surface area contributed by atoms with Crippen LogP contribution in [0.1, 0.15) is 35.9 Å². The number of halogens is 2. The summed E-state index contributed by atoms with van der Waals surface area (Å²) in [5.41, 5.74) is 8.30. The van der Waals surface area contributed by atoms with Crippen LogP contribution in [0.4, 0.5) is 8.78 Å². The Labute approximate surface area is 245 Å². The first kappa shape index (κ1) is 29.1. The van der Waals surface area contributed by atoms with Crippen LogP contribution in [0.15, 0.2) is 85.3 Å². The molecule has 2 amide bonds. The fourth-order valence-corrected chi connectivity index (χ4v) is 4.56. The van der Waals surface area contributed by atoms with Crippen LogP contribution in [0.25, 0.3) is 27.8 Å². The Balaban J connectivity index is 1.61. The molecule has 0 saturated heterocycles. The topological polar surface area (TPSA) is 134 Å². The molecule has 0 spiro atoms. The molecular weight excluding hydrogens is 558 g/mol. The first-order valence-electron chi connectivity index (χ1n) is 13.2. The third kappa shape index (κ3) is 6.27. The van der Waals surface area contributed by atoms with Crippen molar-refractivity contribution in [1.29, 1.82) is 0 Å². The molecule has 0 fully saturated rings. The second kappa shape index (κ2) is 11.8. The number of hydrogen-bond acceptors (Lipinski definition) is 7. The molecule has 2 aromatic carbocycles. The van der Waals surface area contributed by atoms with Gasteiger partial charge in [0.2, 0.25) is 11.8 Å². The quantitative estimate of drug-likeness (QED) is 0.238. The molecule has 12 heteroatoms. The summed E-state index contributed by atoms with van der Waals surface area (Å²) >= 11 is 0. The second-order valence-corrected chi connectivity index (χ2v) is 9.93. The Kier molecular flexibility index (Phi) is 8.02. The standard InChI is InChI=1S/C31H28F2N6O4/c1-18(38-30(41)31(2,32)33)27(22-11-12-26(42-3)35-15-22)43-23-14-24(19-8-6-9-20(13-19)28(34)40)29(36-17-23)39-25-10-5-4-7-21(25)16-37-39/h4-18,27H,1-3H3,(H2,34,40)(H,38,41)/t18-,27-/m0/s1. The number of hydrogen-bond donors (Lipinski definition) is 2. The van der Waals surface area contributed by atoms with Crippen molar-refractivity contribution in [2.24, 2.45) is 5.73 Å². The van der Waals surface area contributed by atoms with E-state index in [1.165, 1.54) is 19.5 Å². The van der Waals surface area contributed by atoms with Crippen molar-refractivity contribution in [3.63, 3.8) is 0 Å². The lowest BCUT2D eigenvalue weighted by molar-refractivity contribution is -0.144. The van der Waals surface area contributed by atoms with E-state index in [9.17, 15) is 18.4 Å². The third-order valence-corrected chi connectivity index (χ3v) is 6.75. The number of rotatable bonds is 10. The lowest BCUT2D eigenvalue weighted by Gasteiger charge is -2.27. The van der Waals surface area contributed by atoms with E-state index in [0.717, 1.165) is 10.9 Å². The number of alkyl halides is 2. The molecule has 3 heterocycles. The Morgan fingerprint density at radius 1 is 1.00 bits per heavy atom. The molecule has 0 bridgehead atoms. The molecule has 10 nitrogen and oxygen atoms in total. The van der Waals surface area contributed by atoms with Crippen LogP contribution in [-0.2, 0) is 4.79 Å². The number of para-hydroxylation sites is 1. The van der Waals surface area contributed by atoms with Crippen LogP contribution in [0.2, 0.25) is 0 Å². The molecule has 0 aliphatic rings. The van der Waals surface area contributed by atoms with Gasteiger partial charge in [-0.2, -0.15) is 13.9 Å². The fourth-order valence-electron chi connectivity index (χ4n) is 4.56. The van der Waals surface area contributed by atoms with Gasteiger partial charge in [-0.25, -0.2) is 14.6 Å². The number of ether oxygens (including phenoxy) is 2. The minimum Gasteiger partial charge on any atom is -0.482 e. The van der Waals surface area contributed by atoms with Gasteiger partial charge in [0.1, 0.15) is 11.9 Å². The molecule has 0 radical (unpaired) electrons. The molecule has 0 aliphatic heterocycles. The Morgan fingerprint density at radius 2 is 1.79 bits per heavy atom. The van der Waals surface area contributed by atoms with E-state index < -0.39 is 29.9 Å². The molecule has 5 aromatic rings. The molecule has 3 N–H and O–H groups in total. The highest BCUT2D eigenvalue weighted by Crippen LogP contribution is 2.34. The van der Waals surface area contributed by atoms with Crippen molar-refractivity contribution in [2.75, 3.05) is 7.11 Å². The molecule has 2 atom stereocenters. The van der Waals surface area contributed by atoms with Crippen molar-refractivity contribution in [2.45, 2.75) is 31.9 Å². The number of amides is 2. The summed E-state index contributed by atoms with van der Waals surface area (Å²) < 4.78 is 40.6. The van der Waals surface area contributed by atoms with Crippen LogP contribution < -0.4 is 20.5 Å². The molecular formula is C31H28F2N6O4. The molecule has 220 valence electrons. The van der Waals surface area contributed by atoms with Gasteiger partial charge in [0.25, 0.3) is 5.91 Å². The van der Waals surface area contributed by atoms with E-state index >= 15 is 0 Å². The number of methoxy groups -OCH3 is 1. The smallest absolute Gasteiger partial charge is 0.321 e. The summed E-state index contributed by atoms with van der Waals surface area (Å²) in [6.45, 7) is 2.07. The predicted octanol–water partition coefficient (Wildman–Crippen LogP) is 4.87. The van der Waals surface area contributed by atoms with E-state index in [2.05, 4.69) is 20.4 Å². The van der Waals surface area contributed by atoms with Crippen LogP contribution in [0, 0.1) is 0 Å². The van der Waals surface area contributed by atoms with E-state index in [1.54, 1.807) is 60.3 Å². The molecule has 0 aliphatic carbocycles. The number of carbonyl (C=O) groups is 2. The molecule has 43 heavy (non-hydrogen) atoms. The molecule has 0 saturated carbocycles. The average molecular weight is 587 g/mol. The number of nitrogens with two attached hydrogens (primary N) is 1. The summed E-state index contributed by atoms with van der Waals surface area (Å²) in [5.74, 6) is -4.59. The molecule has 3 aromatic heterocycles. The SMILES string of the molecule is COc1ccc([C@@H](Oc2cnc(-n3ncc4ccccc43)c(-c3cccc(C(N)=O)c3)c2)[C@H](C)NC(=O)C(C)(F)F)cn1. The number of fused-ring (bicyclic) bond motifs is 1. The van der Waals surface area contributed by atoms with E-state index in [0.29, 0.717) is 40.9 Å². The number of pyridine rings is 2. The van der Waals surface area contributed by atoms with Crippen molar-refractivity contribution in [3.05, 3.63) is 96.4 Å². The maximum atomic E-state index is 13.8. The first-order chi connectivity index (χ1) is 20.5. The van der Waals surface area contributed by atoms with Gasteiger partial charge < -0.3 is 20.5 Å². The highest BCUT2D eigenvalue weighted by molar-refractivity contribution is 5.94. The van der Waals surface area contributed by atoms with Gasteiger partial charge >= 0.3 is 5.92 Å². The van der Waals surface area contributed by atoms with Gasteiger partial charge in [-0.15, -0.1) is 0 Å². The van der Waals surface area contributed by atoms with Gasteiger partial charge in [-0.05, 0) is 42.8 Å². The number of carbonyl (C=O) groups excluding carboxylic acids is 2. The third-order valence-electron chi connectivity index (χ3n) is 6.75. The van der Waals surface area contributed by atoms with Crippen molar-refractivity contribution in [3.8, 4) is 28.6 Å². The second-order valence-electron chi connectivity index (χ2n) is 9.93. The fraction of sp³-hybridized carbons (Fsp3) is 0.194. The number of nitrogens with one attached hydrogen (secondary N) is 1. The zero-order chi connectivity index (χ0) is 30.7. The maximum absolute atomic E-state index is 13.8.